The van der Waals surface area contributed by atoms with Gasteiger partial charge in [0.25, 0.3) is 0 Å². The predicted molar refractivity (Wildman–Crippen MR) is 242 cm³/mol. The van der Waals surface area contributed by atoms with Crippen LogP contribution >= 0.6 is 0 Å². The third kappa shape index (κ3) is 5.61. The average molecular weight is 758 g/mol. The van der Waals surface area contributed by atoms with E-state index in [2.05, 4.69) is 0 Å². The van der Waals surface area contributed by atoms with Crippen LogP contribution in [0.3, 0.4) is 0 Å². The van der Waals surface area contributed by atoms with Crippen LogP contribution in [0.5, 0.6) is 0 Å². The van der Waals surface area contributed by atoms with Gasteiger partial charge in [0, 0.05) is 38.8 Å². The Kier molecular flexibility index (Phi) is 5.89. The van der Waals surface area contributed by atoms with Crippen molar-refractivity contribution in [3.8, 4) is 33.4 Å². The van der Waals surface area contributed by atoms with Crippen LogP contribution < -0.4 is 4.90 Å². The molecule has 0 spiro atoms. The van der Waals surface area contributed by atoms with E-state index in [-0.39, 0.29) is 94.4 Å². The minimum atomic E-state index is -0.279. The molecule has 4 saturated carbocycles. The number of nitrogens with zero attached hydrogens (tertiary/aromatic N) is 1. The van der Waals surface area contributed by atoms with Gasteiger partial charge in [-0.3, -0.25) is 0 Å². The molecule has 0 unspecified atom stereocenters. The molecule has 280 valence electrons. The van der Waals surface area contributed by atoms with Gasteiger partial charge in [0.15, 0.2) is 0 Å². The quantitative estimate of drug-likeness (QED) is 0.161. The number of anilines is 3. The van der Waals surface area contributed by atoms with Crippen molar-refractivity contribution in [3.63, 3.8) is 0 Å². The monoisotopic (exact) mass is 757 g/mol. The maximum absolute atomic E-state index is 9.72. The Balaban J connectivity index is 1.04. The number of para-hydroxylation sites is 1. The van der Waals surface area contributed by atoms with E-state index in [0.717, 1.165) is 39.7 Å². The molecule has 0 N–H and O–H groups in total. The van der Waals surface area contributed by atoms with E-state index in [9.17, 15) is 5.48 Å². The Morgan fingerprint density at radius 2 is 1.05 bits per heavy atom. The third-order valence-corrected chi connectivity index (χ3v) is 13.2. The van der Waals surface area contributed by atoms with Crippen LogP contribution in [0.4, 0.5) is 17.1 Å². The first-order valence-electron chi connectivity index (χ1n) is 25.5. The van der Waals surface area contributed by atoms with Crippen molar-refractivity contribution in [1.29, 1.82) is 0 Å². The van der Waals surface area contributed by atoms with E-state index in [4.69, 9.17) is 12.6 Å². The topological polar surface area (TPSA) is 16.4 Å². The summed E-state index contributed by atoms with van der Waals surface area (Å²) in [7, 11) is 0. The number of benzene rings is 8. The van der Waals surface area contributed by atoms with Gasteiger partial charge in [-0.05, 0) is 149 Å². The fraction of sp³-hybridized carbons (Fsp3) is 0.179. The maximum Gasteiger partial charge on any atom is 0.143 e. The Morgan fingerprint density at radius 3 is 1.78 bits per heavy atom. The molecular formula is C56H45NO. The molecule has 9 aromatic rings. The second kappa shape index (κ2) is 13.6. The van der Waals surface area contributed by atoms with Crippen LogP contribution in [0.25, 0.3) is 66.1 Å². The molecule has 1 aromatic heterocycles. The number of furan rings is 1. The SMILES string of the molecule is [2H]c1cc2c([2H])cc3c(oc4c(-c5ccc(-c6ccccc6)cc5)ccc(-c5cc([2H])c(N(c6c([2H])cccc6[2H])c6c([2H])cc(C7C8CC9CC(C8)CC7C9)cc6[2H])c([2H])c5)c43)c2c([2H])c1[2H]. The molecule has 0 aliphatic heterocycles. The minimum Gasteiger partial charge on any atom is -0.455 e. The summed E-state index contributed by atoms with van der Waals surface area (Å²) in [5.41, 5.74) is 6.66. The van der Waals surface area contributed by atoms with Gasteiger partial charge in [0.05, 0.1) is 13.7 Å². The zero-order chi connectivity index (χ0) is 46.9. The molecule has 4 aliphatic rings. The van der Waals surface area contributed by atoms with E-state index in [0.29, 0.717) is 44.7 Å². The van der Waals surface area contributed by atoms with Gasteiger partial charge < -0.3 is 9.32 Å². The van der Waals surface area contributed by atoms with Crippen molar-refractivity contribution in [2.45, 2.75) is 38.0 Å². The van der Waals surface area contributed by atoms with E-state index < -0.39 is 0 Å². The second-order valence-electron chi connectivity index (χ2n) is 16.5. The third-order valence-electron chi connectivity index (χ3n) is 13.2. The Hall–Kier alpha value is -6.38. The number of hydrogen-bond donors (Lipinski definition) is 0. The molecule has 13 rings (SSSR count). The lowest BCUT2D eigenvalue weighted by molar-refractivity contribution is -0.00277. The maximum atomic E-state index is 9.72. The summed E-state index contributed by atoms with van der Waals surface area (Å²) in [4.78, 5) is 1.43. The first kappa shape index (κ1) is 25.1. The molecule has 58 heavy (non-hydrogen) atoms. The van der Waals surface area contributed by atoms with Gasteiger partial charge in [-0.2, -0.15) is 0 Å². The zero-order valence-corrected chi connectivity index (χ0v) is 31.8. The number of hydrogen-bond acceptors (Lipinski definition) is 2. The van der Waals surface area contributed by atoms with Crippen LogP contribution in [0.1, 0.15) is 57.3 Å². The van der Waals surface area contributed by atoms with E-state index in [1.165, 1.54) is 55.2 Å². The Bertz CT molecular complexity index is 3460. The first-order chi connectivity index (χ1) is 32.8. The summed E-state index contributed by atoms with van der Waals surface area (Å²) >= 11 is 0. The predicted octanol–water partition coefficient (Wildman–Crippen LogP) is 15.7. The highest BCUT2D eigenvalue weighted by molar-refractivity contribution is 6.21. The molecule has 2 heteroatoms. The first-order valence-corrected chi connectivity index (χ1v) is 20.5. The highest BCUT2D eigenvalue weighted by Gasteiger charge is 2.48. The molecule has 0 radical (unpaired) electrons. The molecule has 4 fully saturated rings. The van der Waals surface area contributed by atoms with Crippen molar-refractivity contribution in [3.05, 3.63) is 187 Å². The standard InChI is InChI=1S/C56H45NO/c1-3-9-38(10-4-1)39-15-17-42(18-16-39)51-30-29-49(54-52-28-23-40-11-7-8-14-50(40)55(52)58-56(51)54)41-19-24-47(25-20-41)57(46-12-5-2-6-13-46)48-26-21-43(22-27-48)53-44-32-36-31-37(34-44)35-45(53)33-36/h1-30,36-37,44-45,53H,31-35H2/i7D,8D,12D,13D,14D,23D,24D,25D,26D,27D. The Morgan fingerprint density at radius 1 is 0.448 bits per heavy atom. The molecule has 4 aliphatic carbocycles. The van der Waals surface area contributed by atoms with Gasteiger partial charge in [-0.15, -0.1) is 0 Å². The number of fused-ring (bicyclic) bond motifs is 5. The minimum absolute atomic E-state index is 0.0298. The van der Waals surface area contributed by atoms with Crippen molar-refractivity contribution in [1.82, 2.24) is 0 Å². The molecule has 0 atom stereocenters. The second-order valence-corrected chi connectivity index (χ2v) is 16.5. The zero-order valence-electron chi connectivity index (χ0n) is 41.8. The molecule has 0 amide bonds. The van der Waals surface area contributed by atoms with Gasteiger partial charge in [0.2, 0.25) is 0 Å². The fourth-order valence-electron chi connectivity index (χ4n) is 10.9. The van der Waals surface area contributed by atoms with E-state index in [1.807, 2.05) is 78.9 Å². The molecular weight excluding hydrogens is 703 g/mol. The summed E-state index contributed by atoms with van der Waals surface area (Å²) in [6, 6.07) is 35.8. The van der Waals surface area contributed by atoms with Crippen LogP contribution in [0.2, 0.25) is 0 Å². The Labute approximate surface area is 354 Å². The number of rotatable bonds is 7. The molecule has 0 saturated heterocycles. The lowest BCUT2D eigenvalue weighted by Crippen LogP contribution is -2.43. The lowest BCUT2D eigenvalue weighted by Gasteiger charge is -2.54. The van der Waals surface area contributed by atoms with Crippen molar-refractivity contribution in [2.75, 3.05) is 4.90 Å². The largest absolute Gasteiger partial charge is 0.455 e. The van der Waals surface area contributed by atoms with Crippen LogP contribution in [0, 0.1) is 23.7 Å². The smallest absolute Gasteiger partial charge is 0.143 e. The van der Waals surface area contributed by atoms with Crippen LogP contribution in [-0.4, -0.2) is 0 Å². The van der Waals surface area contributed by atoms with Crippen LogP contribution in [-0.2, 0) is 0 Å². The fourth-order valence-corrected chi connectivity index (χ4v) is 10.9. The van der Waals surface area contributed by atoms with Gasteiger partial charge in [0.1, 0.15) is 11.2 Å². The summed E-state index contributed by atoms with van der Waals surface area (Å²) in [5.74, 6) is 2.89. The van der Waals surface area contributed by atoms with Crippen LogP contribution in [0.15, 0.2) is 186 Å². The average Bonchev–Trinajstić information content (AvgIpc) is 3.69. The van der Waals surface area contributed by atoms with Gasteiger partial charge in [-0.1, -0.05) is 133 Å². The van der Waals surface area contributed by atoms with E-state index in [1.54, 1.807) is 24.3 Å². The summed E-state index contributed by atoms with van der Waals surface area (Å²) in [6.07, 6.45) is 6.08. The highest BCUT2D eigenvalue weighted by Crippen LogP contribution is 2.60. The summed E-state index contributed by atoms with van der Waals surface area (Å²) in [5, 5.41) is 1.66. The lowest BCUT2D eigenvalue weighted by atomic mass is 9.51. The molecule has 2 nitrogen and oxygen atoms in total. The molecule has 8 aromatic carbocycles. The molecule has 4 bridgehead atoms. The van der Waals surface area contributed by atoms with Crippen molar-refractivity contribution in [2.24, 2.45) is 23.7 Å². The highest BCUT2D eigenvalue weighted by atomic mass is 16.3. The normalized spacial score (nSPS) is 23.3. The van der Waals surface area contributed by atoms with Gasteiger partial charge in [-0.25, -0.2) is 0 Å². The molecule has 1 heterocycles. The van der Waals surface area contributed by atoms with Gasteiger partial charge >= 0.3 is 0 Å². The summed E-state index contributed by atoms with van der Waals surface area (Å²) in [6.45, 7) is 0. The van der Waals surface area contributed by atoms with Crippen molar-refractivity contribution >= 4 is 49.8 Å². The summed E-state index contributed by atoms with van der Waals surface area (Å²) < 4.78 is 98.5. The van der Waals surface area contributed by atoms with Crippen molar-refractivity contribution < 1.29 is 18.1 Å². The van der Waals surface area contributed by atoms with E-state index >= 15 is 0 Å².